The number of phenols is 1. The van der Waals surface area contributed by atoms with Gasteiger partial charge in [-0.05, 0) is 42.5 Å². The zero-order chi connectivity index (χ0) is 14.7. The van der Waals surface area contributed by atoms with Crippen LogP contribution in [-0.2, 0) is 0 Å². The van der Waals surface area contributed by atoms with Gasteiger partial charge in [0.2, 0.25) is 0 Å². The van der Waals surface area contributed by atoms with E-state index in [2.05, 4.69) is 13.8 Å². The predicted molar refractivity (Wildman–Crippen MR) is 81.4 cm³/mol. The molecule has 2 heteroatoms. The van der Waals surface area contributed by atoms with Crippen molar-refractivity contribution in [2.75, 3.05) is 0 Å². The molecule has 1 unspecified atom stereocenters. The van der Waals surface area contributed by atoms with Gasteiger partial charge < -0.3 is 5.11 Å². The highest BCUT2D eigenvalue weighted by atomic mass is 16.3. The third kappa shape index (κ3) is 2.74. The molecule has 1 N–H and O–H groups in total. The molecule has 2 nitrogen and oxygen atoms in total. The Hall–Kier alpha value is -2.09. The average molecular weight is 268 g/mol. The van der Waals surface area contributed by atoms with E-state index < -0.39 is 0 Å². The average Bonchev–Trinajstić information content (AvgIpc) is 2.49. The van der Waals surface area contributed by atoms with Crippen LogP contribution in [0, 0.1) is 6.92 Å². The van der Waals surface area contributed by atoms with Gasteiger partial charge in [-0.2, -0.15) is 0 Å². The Kier molecular flexibility index (Phi) is 4.23. The van der Waals surface area contributed by atoms with Crippen molar-refractivity contribution in [2.45, 2.75) is 33.1 Å². The van der Waals surface area contributed by atoms with Crippen LogP contribution in [0.5, 0.6) is 5.75 Å². The van der Waals surface area contributed by atoms with Gasteiger partial charge in [-0.3, -0.25) is 4.79 Å². The smallest absolute Gasteiger partial charge is 0.193 e. The monoisotopic (exact) mass is 268 g/mol. The van der Waals surface area contributed by atoms with Crippen molar-refractivity contribution in [3.05, 3.63) is 64.7 Å². The molecule has 0 heterocycles. The number of carbonyl (C=O) groups is 1. The maximum absolute atomic E-state index is 12.5. The van der Waals surface area contributed by atoms with Crippen LogP contribution in [0.2, 0.25) is 0 Å². The lowest BCUT2D eigenvalue weighted by Gasteiger charge is -2.15. The Morgan fingerprint density at radius 1 is 1.15 bits per heavy atom. The molecule has 0 fully saturated rings. The van der Waals surface area contributed by atoms with Crippen LogP contribution in [0.15, 0.2) is 42.5 Å². The number of ketones is 1. The first-order valence-corrected chi connectivity index (χ1v) is 6.97. The lowest BCUT2D eigenvalue weighted by molar-refractivity contribution is 0.103. The van der Waals surface area contributed by atoms with Gasteiger partial charge in [-0.25, -0.2) is 0 Å². The zero-order valence-electron chi connectivity index (χ0n) is 12.2. The van der Waals surface area contributed by atoms with E-state index in [4.69, 9.17) is 0 Å². The summed E-state index contributed by atoms with van der Waals surface area (Å²) in [6.45, 7) is 5.97. The molecule has 2 rings (SSSR count). The van der Waals surface area contributed by atoms with Gasteiger partial charge >= 0.3 is 0 Å². The van der Waals surface area contributed by atoms with Gasteiger partial charge in [0.05, 0.1) is 0 Å². The minimum Gasteiger partial charge on any atom is -0.507 e. The number of aromatic hydroxyl groups is 1. The van der Waals surface area contributed by atoms with Crippen LogP contribution in [0.4, 0.5) is 0 Å². The van der Waals surface area contributed by atoms with Gasteiger partial charge in [0.25, 0.3) is 0 Å². The van der Waals surface area contributed by atoms with E-state index in [1.54, 1.807) is 6.07 Å². The first-order valence-electron chi connectivity index (χ1n) is 6.97. The van der Waals surface area contributed by atoms with E-state index in [0.29, 0.717) is 16.9 Å². The number of carbonyl (C=O) groups excluding carboxylic acids is 1. The second-order valence-electron chi connectivity index (χ2n) is 5.24. The maximum atomic E-state index is 12.5. The van der Waals surface area contributed by atoms with Crippen LogP contribution >= 0.6 is 0 Å². The molecular formula is C18H20O2. The van der Waals surface area contributed by atoms with Gasteiger partial charge in [0.1, 0.15) is 5.75 Å². The fraction of sp³-hybridized carbons (Fsp3) is 0.278. The summed E-state index contributed by atoms with van der Waals surface area (Å²) in [5.41, 5.74) is 2.92. The summed E-state index contributed by atoms with van der Waals surface area (Å²) in [7, 11) is 0. The van der Waals surface area contributed by atoms with Crippen molar-refractivity contribution in [3.63, 3.8) is 0 Å². The first-order chi connectivity index (χ1) is 9.54. The lowest BCUT2D eigenvalue weighted by atomic mass is 9.91. The maximum Gasteiger partial charge on any atom is 0.193 e. The Morgan fingerprint density at radius 2 is 1.80 bits per heavy atom. The van der Waals surface area contributed by atoms with Gasteiger partial charge in [0, 0.05) is 11.1 Å². The highest BCUT2D eigenvalue weighted by Crippen LogP contribution is 2.32. The molecule has 0 saturated heterocycles. The molecule has 0 aliphatic rings. The number of rotatable bonds is 4. The van der Waals surface area contributed by atoms with E-state index >= 15 is 0 Å². The van der Waals surface area contributed by atoms with Crippen LogP contribution in [0.25, 0.3) is 0 Å². The van der Waals surface area contributed by atoms with E-state index in [1.807, 2.05) is 43.3 Å². The van der Waals surface area contributed by atoms with Gasteiger partial charge in [-0.1, -0.05) is 44.2 Å². The highest BCUT2D eigenvalue weighted by Gasteiger charge is 2.16. The summed E-state index contributed by atoms with van der Waals surface area (Å²) in [5.74, 6) is 0.541. The molecule has 0 aromatic heterocycles. The van der Waals surface area contributed by atoms with Crippen LogP contribution in [-0.4, -0.2) is 10.9 Å². The fourth-order valence-electron chi connectivity index (χ4n) is 2.29. The third-order valence-corrected chi connectivity index (χ3v) is 3.77. The topological polar surface area (TPSA) is 37.3 Å². The number of benzene rings is 2. The van der Waals surface area contributed by atoms with E-state index in [1.165, 1.54) is 0 Å². The summed E-state index contributed by atoms with van der Waals surface area (Å²) in [6, 6.07) is 12.8. The van der Waals surface area contributed by atoms with Crippen LogP contribution in [0.1, 0.15) is 53.2 Å². The molecule has 0 amide bonds. The Balaban J connectivity index is 2.48. The molecular weight excluding hydrogens is 248 g/mol. The molecule has 1 atom stereocenters. The zero-order valence-corrected chi connectivity index (χ0v) is 12.2. The normalized spacial score (nSPS) is 12.2. The van der Waals surface area contributed by atoms with Crippen LogP contribution in [0.3, 0.4) is 0 Å². The second-order valence-corrected chi connectivity index (χ2v) is 5.24. The number of aryl methyl sites for hydroxylation is 1. The van der Waals surface area contributed by atoms with Crippen molar-refractivity contribution >= 4 is 5.78 Å². The minimum absolute atomic E-state index is 0.00162. The van der Waals surface area contributed by atoms with Crippen LogP contribution < -0.4 is 0 Å². The molecule has 20 heavy (non-hydrogen) atoms. The summed E-state index contributed by atoms with van der Waals surface area (Å²) < 4.78 is 0. The summed E-state index contributed by atoms with van der Waals surface area (Å²) in [6.07, 6.45) is 0.927. The third-order valence-electron chi connectivity index (χ3n) is 3.77. The first kappa shape index (κ1) is 14.3. The molecule has 0 aliphatic heterocycles. The van der Waals surface area contributed by atoms with E-state index in [0.717, 1.165) is 17.5 Å². The minimum atomic E-state index is -0.00162. The quantitative estimate of drug-likeness (QED) is 0.832. The molecule has 0 aliphatic carbocycles. The second kappa shape index (κ2) is 5.91. The summed E-state index contributed by atoms with van der Waals surface area (Å²) in [4.78, 5) is 12.5. The lowest BCUT2D eigenvalue weighted by Crippen LogP contribution is -2.04. The van der Waals surface area contributed by atoms with Crippen molar-refractivity contribution in [3.8, 4) is 5.75 Å². The van der Waals surface area contributed by atoms with Gasteiger partial charge in [-0.15, -0.1) is 0 Å². The largest absolute Gasteiger partial charge is 0.507 e. The Labute approximate surface area is 120 Å². The Bertz CT molecular complexity index is 615. The SMILES string of the molecule is CCC(C)c1cc(C(=O)c2ccccc2)cc(C)c1O. The fourth-order valence-corrected chi connectivity index (χ4v) is 2.29. The summed E-state index contributed by atoms with van der Waals surface area (Å²) in [5, 5.41) is 10.2. The number of hydrogen-bond acceptors (Lipinski definition) is 2. The van der Waals surface area contributed by atoms with E-state index in [-0.39, 0.29) is 11.7 Å². The van der Waals surface area contributed by atoms with Crippen molar-refractivity contribution < 1.29 is 9.90 Å². The molecule has 0 radical (unpaired) electrons. The summed E-state index contributed by atoms with van der Waals surface area (Å²) >= 11 is 0. The predicted octanol–water partition coefficient (Wildman–Crippen LogP) is 4.45. The van der Waals surface area contributed by atoms with Gasteiger partial charge in [0.15, 0.2) is 5.78 Å². The molecule has 2 aromatic carbocycles. The molecule has 0 bridgehead atoms. The molecule has 0 saturated carbocycles. The van der Waals surface area contributed by atoms with Crippen molar-refractivity contribution in [2.24, 2.45) is 0 Å². The number of phenolic OH excluding ortho intramolecular Hbond substituents is 1. The Morgan fingerprint density at radius 3 is 2.40 bits per heavy atom. The van der Waals surface area contributed by atoms with E-state index in [9.17, 15) is 9.90 Å². The number of hydrogen-bond donors (Lipinski definition) is 1. The molecule has 0 spiro atoms. The standard InChI is InChI=1S/C18H20O2/c1-4-12(2)16-11-15(10-13(3)17(16)19)18(20)14-8-6-5-7-9-14/h5-12,19H,4H2,1-3H3. The molecule has 104 valence electrons. The van der Waals surface area contributed by atoms with Crippen molar-refractivity contribution in [1.29, 1.82) is 0 Å². The highest BCUT2D eigenvalue weighted by molar-refractivity contribution is 6.09. The van der Waals surface area contributed by atoms with Crippen molar-refractivity contribution in [1.82, 2.24) is 0 Å². The molecule has 2 aromatic rings.